The molecule has 1 aromatic carbocycles. The van der Waals surface area contributed by atoms with Gasteiger partial charge in [0.2, 0.25) is 5.91 Å². The van der Waals surface area contributed by atoms with Crippen LogP contribution >= 0.6 is 0 Å². The first-order valence-corrected chi connectivity index (χ1v) is 7.84. The number of nitrogens with zero attached hydrogens (tertiary/aromatic N) is 3. The van der Waals surface area contributed by atoms with Gasteiger partial charge in [-0.15, -0.1) is 0 Å². The summed E-state index contributed by atoms with van der Waals surface area (Å²) in [4.78, 5) is 28.0. The molecule has 1 N–H and O–H groups in total. The number of carbonyl (C=O) groups excluding carboxylic acids is 1. The molecule has 2 rings (SSSR count). The van der Waals surface area contributed by atoms with E-state index in [2.05, 4.69) is 10.3 Å². The van der Waals surface area contributed by atoms with E-state index in [0.29, 0.717) is 0 Å². The standard InChI is InChI=1S/C18H20N4O3/c1-12(2)18(13-4-6-15(25-3)7-5-13)21-16(23)10-22-11-20-14(9-19)8-17(22)24/h4-8,11-12,18H,10H2,1-3H3,(H,21,23). The quantitative estimate of drug-likeness (QED) is 0.862. The Morgan fingerprint density at radius 3 is 2.56 bits per heavy atom. The van der Waals surface area contributed by atoms with E-state index in [1.54, 1.807) is 13.2 Å². The molecular weight excluding hydrogens is 320 g/mol. The van der Waals surface area contributed by atoms with E-state index in [4.69, 9.17) is 10.00 Å². The van der Waals surface area contributed by atoms with Crippen molar-refractivity contribution in [3.05, 3.63) is 58.3 Å². The van der Waals surface area contributed by atoms with Crippen LogP contribution in [0.1, 0.15) is 31.1 Å². The molecular formula is C18H20N4O3. The van der Waals surface area contributed by atoms with Crippen molar-refractivity contribution < 1.29 is 9.53 Å². The minimum Gasteiger partial charge on any atom is -0.497 e. The first-order valence-electron chi connectivity index (χ1n) is 7.84. The maximum absolute atomic E-state index is 12.3. The van der Waals surface area contributed by atoms with Gasteiger partial charge in [-0.2, -0.15) is 5.26 Å². The van der Waals surface area contributed by atoms with E-state index < -0.39 is 5.56 Å². The van der Waals surface area contributed by atoms with Crippen LogP contribution in [0.5, 0.6) is 5.75 Å². The molecule has 0 aliphatic heterocycles. The highest BCUT2D eigenvalue weighted by molar-refractivity contribution is 5.76. The molecule has 1 atom stereocenters. The number of aromatic nitrogens is 2. The molecule has 7 nitrogen and oxygen atoms in total. The molecule has 1 amide bonds. The number of carbonyl (C=O) groups is 1. The minimum absolute atomic E-state index is 0.0277. The van der Waals surface area contributed by atoms with Crippen LogP contribution in [-0.4, -0.2) is 22.6 Å². The molecule has 0 fully saturated rings. The van der Waals surface area contributed by atoms with Crippen molar-refractivity contribution in [2.75, 3.05) is 7.11 Å². The maximum Gasteiger partial charge on any atom is 0.255 e. The number of rotatable bonds is 6. The zero-order valence-electron chi connectivity index (χ0n) is 14.4. The fraction of sp³-hybridized carbons (Fsp3) is 0.333. The van der Waals surface area contributed by atoms with Crippen molar-refractivity contribution in [1.29, 1.82) is 5.26 Å². The van der Waals surface area contributed by atoms with Crippen molar-refractivity contribution >= 4 is 5.91 Å². The van der Waals surface area contributed by atoms with Gasteiger partial charge in [0.25, 0.3) is 5.56 Å². The Hall–Kier alpha value is -3.14. The van der Waals surface area contributed by atoms with E-state index >= 15 is 0 Å². The summed E-state index contributed by atoms with van der Waals surface area (Å²) in [7, 11) is 1.60. The Balaban J connectivity index is 2.12. The largest absolute Gasteiger partial charge is 0.497 e. The highest BCUT2D eigenvalue weighted by Crippen LogP contribution is 2.23. The molecule has 0 saturated carbocycles. The lowest BCUT2D eigenvalue weighted by atomic mass is 9.96. The summed E-state index contributed by atoms with van der Waals surface area (Å²) in [5.41, 5.74) is 0.543. The van der Waals surface area contributed by atoms with Crippen molar-refractivity contribution in [2.24, 2.45) is 5.92 Å². The molecule has 2 aromatic rings. The molecule has 25 heavy (non-hydrogen) atoms. The summed E-state index contributed by atoms with van der Waals surface area (Å²) >= 11 is 0. The van der Waals surface area contributed by atoms with Gasteiger partial charge in [-0.3, -0.25) is 14.2 Å². The summed E-state index contributed by atoms with van der Waals surface area (Å²) in [5, 5.41) is 11.7. The van der Waals surface area contributed by atoms with Gasteiger partial charge in [0.1, 0.15) is 24.1 Å². The molecule has 0 saturated heterocycles. The monoisotopic (exact) mass is 340 g/mol. The second kappa shape index (κ2) is 8.11. The topological polar surface area (TPSA) is 97.0 Å². The van der Waals surface area contributed by atoms with E-state index in [9.17, 15) is 9.59 Å². The average Bonchev–Trinajstić information content (AvgIpc) is 2.61. The molecule has 1 unspecified atom stereocenters. The Bertz CT molecular complexity index is 835. The lowest BCUT2D eigenvalue weighted by molar-refractivity contribution is -0.122. The lowest BCUT2D eigenvalue weighted by Gasteiger charge is -2.23. The zero-order valence-corrected chi connectivity index (χ0v) is 14.4. The molecule has 0 aliphatic carbocycles. The fourth-order valence-electron chi connectivity index (χ4n) is 2.43. The first-order chi connectivity index (χ1) is 11.9. The van der Waals surface area contributed by atoms with Gasteiger partial charge in [0, 0.05) is 6.07 Å². The van der Waals surface area contributed by atoms with Gasteiger partial charge in [0.05, 0.1) is 19.5 Å². The van der Waals surface area contributed by atoms with Crippen molar-refractivity contribution in [3.8, 4) is 11.8 Å². The Kier molecular flexibility index (Phi) is 5.90. The average molecular weight is 340 g/mol. The molecule has 1 heterocycles. The smallest absolute Gasteiger partial charge is 0.255 e. The van der Waals surface area contributed by atoms with Gasteiger partial charge in [0.15, 0.2) is 0 Å². The summed E-state index contributed by atoms with van der Waals surface area (Å²) in [6, 6.07) is 10.2. The second-order valence-electron chi connectivity index (χ2n) is 5.91. The lowest BCUT2D eigenvalue weighted by Crippen LogP contribution is -2.36. The van der Waals surface area contributed by atoms with E-state index in [0.717, 1.165) is 17.4 Å². The van der Waals surface area contributed by atoms with Gasteiger partial charge in [-0.05, 0) is 23.6 Å². The number of hydrogen-bond donors (Lipinski definition) is 1. The highest BCUT2D eigenvalue weighted by Gasteiger charge is 2.19. The van der Waals surface area contributed by atoms with Crippen molar-refractivity contribution in [3.63, 3.8) is 0 Å². The normalized spacial score (nSPS) is 11.6. The van der Waals surface area contributed by atoms with E-state index in [-0.39, 0.29) is 30.1 Å². The maximum atomic E-state index is 12.3. The van der Waals surface area contributed by atoms with Gasteiger partial charge >= 0.3 is 0 Å². The number of benzene rings is 1. The third kappa shape index (κ3) is 4.67. The van der Waals surface area contributed by atoms with Crippen LogP contribution in [0.2, 0.25) is 0 Å². The predicted octanol–water partition coefficient (Wildman–Crippen LogP) is 1.64. The Morgan fingerprint density at radius 1 is 1.36 bits per heavy atom. The predicted molar refractivity (Wildman–Crippen MR) is 91.9 cm³/mol. The van der Waals surface area contributed by atoms with Gasteiger partial charge in [-0.25, -0.2) is 4.98 Å². The summed E-state index contributed by atoms with van der Waals surface area (Å²) in [6.45, 7) is 3.85. The highest BCUT2D eigenvalue weighted by atomic mass is 16.5. The number of methoxy groups -OCH3 is 1. The third-order valence-electron chi connectivity index (χ3n) is 3.77. The van der Waals surface area contributed by atoms with E-state index in [1.807, 2.05) is 38.1 Å². The molecule has 0 bridgehead atoms. The van der Waals surface area contributed by atoms with Crippen molar-refractivity contribution in [1.82, 2.24) is 14.9 Å². The first kappa shape index (κ1) is 18.2. The zero-order chi connectivity index (χ0) is 18.4. The summed E-state index contributed by atoms with van der Waals surface area (Å²) < 4.78 is 6.31. The van der Waals surface area contributed by atoms with Crippen LogP contribution in [0.15, 0.2) is 41.5 Å². The van der Waals surface area contributed by atoms with Crippen LogP contribution in [0, 0.1) is 17.2 Å². The minimum atomic E-state index is -0.438. The van der Waals surface area contributed by atoms with Gasteiger partial charge in [-0.1, -0.05) is 26.0 Å². The number of amides is 1. The van der Waals surface area contributed by atoms with Crippen LogP contribution in [0.25, 0.3) is 0 Å². The molecule has 0 aliphatic rings. The second-order valence-corrected chi connectivity index (χ2v) is 5.91. The van der Waals surface area contributed by atoms with Crippen LogP contribution < -0.4 is 15.6 Å². The number of nitrogens with one attached hydrogen (secondary N) is 1. The summed E-state index contributed by atoms with van der Waals surface area (Å²) in [6.07, 6.45) is 1.21. The molecule has 130 valence electrons. The summed E-state index contributed by atoms with van der Waals surface area (Å²) in [5.74, 6) is 0.601. The van der Waals surface area contributed by atoms with Gasteiger partial charge < -0.3 is 10.1 Å². The number of hydrogen-bond acceptors (Lipinski definition) is 5. The number of nitriles is 1. The molecule has 7 heteroatoms. The molecule has 0 radical (unpaired) electrons. The fourth-order valence-corrected chi connectivity index (χ4v) is 2.43. The third-order valence-corrected chi connectivity index (χ3v) is 3.77. The SMILES string of the molecule is COc1ccc(C(NC(=O)Cn2cnc(C#N)cc2=O)C(C)C)cc1. The van der Waals surface area contributed by atoms with E-state index in [1.165, 1.54) is 10.9 Å². The molecule has 1 aromatic heterocycles. The van der Waals surface area contributed by atoms with Crippen LogP contribution in [0.4, 0.5) is 0 Å². The number of ether oxygens (including phenoxy) is 1. The Morgan fingerprint density at radius 2 is 2.04 bits per heavy atom. The van der Waals surface area contributed by atoms with Crippen LogP contribution in [-0.2, 0) is 11.3 Å². The molecule has 0 spiro atoms. The Labute approximate surface area is 145 Å². The van der Waals surface area contributed by atoms with Crippen molar-refractivity contribution in [2.45, 2.75) is 26.4 Å². The van der Waals surface area contributed by atoms with Crippen LogP contribution in [0.3, 0.4) is 0 Å².